The Morgan fingerprint density at radius 1 is 1.40 bits per heavy atom. The molecule has 1 rings (SSSR count). The summed E-state index contributed by atoms with van der Waals surface area (Å²) in [6.07, 6.45) is 1.76. The van der Waals surface area contributed by atoms with Crippen LogP contribution in [0.3, 0.4) is 0 Å². The fraction of sp³-hybridized carbons (Fsp3) is 1.00. The van der Waals surface area contributed by atoms with Crippen molar-refractivity contribution in [2.24, 2.45) is 11.7 Å². The van der Waals surface area contributed by atoms with Crippen molar-refractivity contribution in [1.82, 2.24) is 4.31 Å². The molecule has 6 heteroatoms. The van der Waals surface area contributed by atoms with E-state index in [0.29, 0.717) is 25.6 Å². The fourth-order valence-corrected chi connectivity index (χ4v) is 3.14. The van der Waals surface area contributed by atoms with Gasteiger partial charge >= 0.3 is 0 Å². The highest BCUT2D eigenvalue weighted by atomic mass is 32.2. The molecule has 0 bridgehead atoms. The van der Waals surface area contributed by atoms with Gasteiger partial charge in [-0.2, -0.15) is 0 Å². The molecule has 0 aromatic heterocycles. The van der Waals surface area contributed by atoms with Gasteiger partial charge in [-0.15, -0.1) is 0 Å². The van der Waals surface area contributed by atoms with Crippen LogP contribution >= 0.6 is 0 Å². The van der Waals surface area contributed by atoms with Gasteiger partial charge in [-0.3, -0.25) is 0 Å². The van der Waals surface area contributed by atoms with Crippen molar-refractivity contribution in [1.29, 1.82) is 0 Å². The van der Waals surface area contributed by atoms with Gasteiger partial charge in [0.25, 0.3) is 0 Å². The number of piperidine rings is 1. The van der Waals surface area contributed by atoms with Crippen LogP contribution in [0.4, 0.5) is 0 Å². The molecule has 0 unspecified atom stereocenters. The lowest BCUT2D eigenvalue weighted by Crippen LogP contribution is -2.41. The van der Waals surface area contributed by atoms with Crippen LogP contribution in [0.1, 0.15) is 12.8 Å². The zero-order valence-electron chi connectivity index (χ0n) is 9.18. The lowest BCUT2D eigenvalue weighted by molar-refractivity contribution is 0.213. The molecule has 1 aliphatic rings. The van der Waals surface area contributed by atoms with E-state index in [1.807, 2.05) is 0 Å². The minimum absolute atomic E-state index is 0.0802. The van der Waals surface area contributed by atoms with Crippen molar-refractivity contribution < 1.29 is 13.2 Å². The van der Waals surface area contributed by atoms with Gasteiger partial charge in [0.2, 0.25) is 10.0 Å². The first-order chi connectivity index (χ1) is 7.10. The molecule has 1 aliphatic heterocycles. The molecule has 1 heterocycles. The van der Waals surface area contributed by atoms with E-state index >= 15 is 0 Å². The van der Waals surface area contributed by atoms with Crippen LogP contribution in [0.25, 0.3) is 0 Å². The molecule has 0 amide bonds. The summed E-state index contributed by atoms with van der Waals surface area (Å²) in [7, 11) is -1.60. The smallest absolute Gasteiger partial charge is 0.216 e. The molecule has 2 N–H and O–H groups in total. The van der Waals surface area contributed by atoms with Crippen molar-refractivity contribution in [2.45, 2.75) is 12.8 Å². The highest BCUT2D eigenvalue weighted by Crippen LogP contribution is 2.18. The second kappa shape index (κ2) is 5.79. The largest absolute Gasteiger partial charge is 0.384 e. The van der Waals surface area contributed by atoms with Crippen molar-refractivity contribution >= 4 is 10.0 Å². The topological polar surface area (TPSA) is 72.6 Å². The number of nitrogens with two attached hydrogens (primary N) is 1. The Hall–Kier alpha value is -0.170. The van der Waals surface area contributed by atoms with E-state index in [1.54, 1.807) is 4.31 Å². The van der Waals surface area contributed by atoms with Crippen LogP contribution in [-0.4, -0.2) is 51.8 Å². The average Bonchev–Trinajstić information content (AvgIpc) is 2.26. The van der Waals surface area contributed by atoms with Crippen molar-refractivity contribution in [3.63, 3.8) is 0 Å². The maximum absolute atomic E-state index is 11.8. The Bertz CT molecular complexity index is 271. The van der Waals surface area contributed by atoms with Gasteiger partial charge in [0.05, 0.1) is 12.4 Å². The van der Waals surface area contributed by atoms with Crippen molar-refractivity contribution in [2.75, 3.05) is 39.1 Å². The number of nitrogens with zero attached hydrogens (tertiary/aromatic N) is 1. The first-order valence-electron chi connectivity index (χ1n) is 5.27. The van der Waals surface area contributed by atoms with E-state index in [1.165, 1.54) is 7.11 Å². The molecule has 0 atom stereocenters. The molecule has 90 valence electrons. The monoisotopic (exact) mass is 236 g/mol. The van der Waals surface area contributed by atoms with Gasteiger partial charge in [-0.1, -0.05) is 0 Å². The molecule has 5 nitrogen and oxygen atoms in total. The Labute approximate surface area is 91.6 Å². The van der Waals surface area contributed by atoms with Crippen LogP contribution in [0.5, 0.6) is 0 Å². The van der Waals surface area contributed by atoms with Crippen molar-refractivity contribution in [3.05, 3.63) is 0 Å². The molecule has 0 saturated carbocycles. The zero-order chi connectivity index (χ0) is 11.3. The third-order valence-corrected chi connectivity index (χ3v) is 4.68. The van der Waals surface area contributed by atoms with Gasteiger partial charge < -0.3 is 10.5 Å². The molecule has 0 spiro atoms. The third kappa shape index (κ3) is 3.71. The van der Waals surface area contributed by atoms with Crippen LogP contribution in [-0.2, 0) is 14.8 Å². The molecule has 0 aromatic carbocycles. The highest BCUT2D eigenvalue weighted by Gasteiger charge is 2.26. The Kier molecular flexibility index (Phi) is 4.98. The first kappa shape index (κ1) is 12.9. The zero-order valence-corrected chi connectivity index (χ0v) is 10.0. The summed E-state index contributed by atoms with van der Waals surface area (Å²) < 4.78 is 29.8. The standard InChI is InChI=1S/C9H20N2O3S/c1-14-6-7-15(12,13)11-4-2-9(8-10)3-5-11/h9H,2-8,10H2,1H3. The maximum Gasteiger partial charge on any atom is 0.216 e. The van der Waals surface area contributed by atoms with E-state index in [-0.39, 0.29) is 12.4 Å². The SMILES string of the molecule is COCCS(=O)(=O)N1CCC(CN)CC1. The van der Waals surface area contributed by atoms with E-state index in [4.69, 9.17) is 10.5 Å². The Morgan fingerprint density at radius 3 is 2.47 bits per heavy atom. The lowest BCUT2D eigenvalue weighted by atomic mass is 9.99. The van der Waals surface area contributed by atoms with Gasteiger partial charge in [-0.05, 0) is 25.3 Å². The molecular formula is C9H20N2O3S. The second-order valence-corrected chi connectivity index (χ2v) is 5.98. The summed E-state index contributed by atoms with van der Waals surface area (Å²) in [5, 5.41) is 0. The van der Waals surface area contributed by atoms with Gasteiger partial charge in [0.15, 0.2) is 0 Å². The second-order valence-electron chi connectivity index (χ2n) is 3.89. The van der Waals surface area contributed by atoms with E-state index in [0.717, 1.165) is 12.8 Å². The quantitative estimate of drug-likeness (QED) is 0.707. The number of methoxy groups -OCH3 is 1. The minimum Gasteiger partial charge on any atom is -0.384 e. The minimum atomic E-state index is -3.11. The predicted octanol–water partition coefficient (Wildman–Crippen LogP) is -0.367. The average molecular weight is 236 g/mol. The fourth-order valence-electron chi connectivity index (χ4n) is 1.74. The van der Waals surface area contributed by atoms with E-state index in [2.05, 4.69) is 0 Å². The predicted molar refractivity (Wildman–Crippen MR) is 59.0 cm³/mol. The number of rotatable bonds is 5. The summed E-state index contributed by atoms with van der Waals surface area (Å²) in [6, 6.07) is 0. The Balaban J connectivity index is 2.45. The third-order valence-electron chi connectivity index (χ3n) is 2.85. The number of hydrogen-bond acceptors (Lipinski definition) is 4. The summed E-state index contributed by atoms with van der Waals surface area (Å²) >= 11 is 0. The molecule has 1 saturated heterocycles. The highest BCUT2D eigenvalue weighted by molar-refractivity contribution is 7.89. The van der Waals surface area contributed by atoms with Crippen molar-refractivity contribution in [3.8, 4) is 0 Å². The molecule has 0 aliphatic carbocycles. The summed E-state index contributed by atoms with van der Waals surface area (Å²) in [5.74, 6) is 0.565. The van der Waals surface area contributed by atoms with E-state index < -0.39 is 10.0 Å². The molecule has 15 heavy (non-hydrogen) atoms. The molecular weight excluding hydrogens is 216 g/mol. The summed E-state index contributed by atoms with van der Waals surface area (Å²) in [4.78, 5) is 0. The molecule has 0 aromatic rings. The molecule has 0 radical (unpaired) electrons. The summed E-state index contributed by atoms with van der Waals surface area (Å²) in [6.45, 7) is 2.13. The van der Waals surface area contributed by atoms with E-state index in [9.17, 15) is 8.42 Å². The van der Waals surface area contributed by atoms with Crippen LogP contribution in [0, 0.1) is 5.92 Å². The van der Waals surface area contributed by atoms with Crippen LogP contribution < -0.4 is 5.73 Å². The number of hydrogen-bond donors (Lipinski definition) is 1. The summed E-state index contributed by atoms with van der Waals surface area (Å²) in [5.41, 5.74) is 5.55. The molecule has 1 fully saturated rings. The van der Waals surface area contributed by atoms with Gasteiger partial charge in [0, 0.05) is 20.2 Å². The number of ether oxygens (including phenoxy) is 1. The van der Waals surface area contributed by atoms with Gasteiger partial charge in [0.1, 0.15) is 0 Å². The van der Waals surface area contributed by atoms with Crippen LogP contribution in [0.2, 0.25) is 0 Å². The van der Waals surface area contributed by atoms with Crippen LogP contribution in [0.15, 0.2) is 0 Å². The maximum atomic E-state index is 11.8. The van der Waals surface area contributed by atoms with Gasteiger partial charge in [-0.25, -0.2) is 12.7 Å². The first-order valence-corrected chi connectivity index (χ1v) is 6.88. The Morgan fingerprint density at radius 2 is 2.00 bits per heavy atom. The number of sulfonamides is 1. The normalized spacial score (nSPS) is 20.7. The lowest BCUT2D eigenvalue weighted by Gasteiger charge is -2.30.